The molecular formula is C12H25N3O. The highest BCUT2D eigenvalue weighted by atomic mass is 16.5. The van der Waals surface area contributed by atoms with Crippen molar-refractivity contribution in [1.82, 2.24) is 9.80 Å². The van der Waals surface area contributed by atoms with Crippen molar-refractivity contribution in [3.63, 3.8) is 0 Å². The van der Waals surface area contributed by atoms with Gasteiger partial charge in [-0.2, -0.15) is 0 Å². The summed E-state index contributed by atoms with van der Waals surface area (Å²) in [7, 11) is 2.23. The van der Waals surface area contributed by atoms with Gasteiger partial charge in [0.25, 0.3) is 0 Å². The molecule has 0 saturated carbocycles. The first-order valence-corrected chi connectivity index (χ1v) is 6.54. The van der Waals surface area contributed by atoms with Gasteiger partial charge in [0.15, 0.2) is 0 Å². The molecule has 16 heavy (non-hydrogen) atoms. The smallest absolute Gasteiger partial charge is 0.0824 e. The van der Waals surface area contributed by atoms with E-state index in [-0.39, 0.29) is 6.10 Å². The summed E-state index contributed by atoms with van der Waals surface area (Å²) >= 11 is 0. The molecule has 2 atom stereocenters. The van der Waals surface area contributed by atoms with E-state index in [2.05, 4.69) is 16.8 Å². The number of hydrogen-bond acceptors (Lipinski definition) is 4. The third-order valence-electron chi connectivity index (χ3n) is 3.87. The van der Waals surface area contributed by atoms with Crippen LogP contribution in [0.25, 0.3) is 0 Å². The second kappa shape index (κ2) is 5.96. The molecule has 2 fully saturated rings. The maximum Gasteiger partial charge on any atom is 0.0824 e. The summed E-state index contributed by atoms with van der Waals surface area (Å²) in [5.74, 6) is 0. The van der Waals surface area contributed by atoms with E-state index in [1.807, 2.05) is 0 Å². The van der Waals surface area contributed by atoms with Crippen LogP contribution in [0.4, 0.5) is 0 Å². The minimum Gasteiger partial charge on any atom is -0.374 e. The highest BCUT2D eigenvalue weighted by molar-refractivity contribution is 4.81. The zero-order chi connectivity index (χ0) is 11.4. The Kier molecular flexibility index (Phi) is 4.58. The predicted molar refractivity (Wildman–Crippen MR) is 65.5 cm³/mol. The van der Waals surface area contributed by atoms with Crippen molar-refractivity contribution in [1.29, 1.82) is 0 Å². The fraction of sp³-hybridized carbons (Fsp3) is 1.00. The average Bonchev–Trinajstić information content (AvgIpc) is 2.54. The van der Waals surface area contributed by atoms with Gasteiger partial charge in [-0.25, -0.2) is 0 Å². The predicted octanol–water partition coefficient (Wildman–Crippen LogP) is 0.130. The lowest BCUT2D eigenvalue weighted by Gasteiger charge is -2.37. The van der Waals surface area contributed by atoms with Crippen LogP contribution >= 0.6 is 0 Å². The lowest BCUT2D eigenvalue weighted by Crippen LogP contribution is -2.50. The molecule has 0 bridgehead atoms. The highest BCUT2D eigenvalue weighted by Crippen LogP contribution is 2.18. The van der Waals surface area contributed by atoms with E-state index in [0.717, 1.165) is 25.7 Å². The van der Waals surface area contributed by atoms with E-state index in [1.165, 1.54) is 32.4 Å². The molecule has 0 radical (unpaired) electrons. The summed E-state index contributed by atoms with van der Waals surface area (Å²) < 4.78 is 5.62. The van der Waals surface area contributed by atoms with Crippen molar-refractivity contribution >= 4 is 0 Å². The Bertz CT molecular complexity index is 212. The van der Waals surface area contributed by atoms with Gasteiger partial charge in [-0.3, -0.25) is 4.90 Å². The van der Waals surface area contributed by atoms with E-state index < -0.39 is 0 Å². The standard InChI is InChI=1S/C12H25N3O/c1-14-5-2-3-11(4-6-14)15-7-8-16-12(9-13)10-15/h11-12H,2-10,13H2,1H3. The second-order valence-corrected chi connectivity index (χ2v) is 5.11. The maximum atomic E-state index is 5.69. The molecule has 2 heterocycles. The van der Waals surface area contributed by atoms with Crippen LogP contribution in [0.15, 0.2) is 0 Å². The number of nitrogens with two attached hydrogens (primary N) is 1. The molecule has 2 aliphatic heterocycles. The lowest BCUT2D eigenvalue weighted by molar-refractivity contribution is -0.0402. The van der Waals surface area contributed by atoms with Gasteiger partial charge in [0.2, 0.25) is 0 Å². The van der Waals surface area contributed by atoms with Crippen molar-refractivity contribution in [3.05, 3.63) is 0 Å². The highest BCUT2D eigenvalue weighted by Gasteiger charge is 2.26. The van der Waals surface area contributed by atoms with Gasteiger partial charge < -0.3 is 15.4 Å². The van der Waals surface area contributed by atoms with Gasteiger partial charge in [-0.1, -0.05) is 0 Å². The molecule has 0 aliphatic carbocycles. The number of ether oxygens (including phenoxy) is 1. The third-order valence-corrected chi connectivity index (χ3v) is 3.87. The molecule has 2 saturated heterocycles. The monoisotopic (exact) mass is 227 g/mol. The van der Waals surface area contributed by atoms with Crippen molar-refractivity contribution in [3.8, 4) is 0 Å². The summed E-state index contributed by atoms with van der Waals surface area (Å²) in [6.45, 7) is 6.11. The third kappa shape index (κ3) is 3.17. The van der Waals surface area contributed by atoms with E-state index >= 15 is 0 Å². The van der Waals surface area contributed by atoms with Gasteiger partial charge in [0, 0.05) is 25.7 Å². The van der Waals surface area contributed by atoms with Gasteiger partial charge in [-0.05, 0) is 39.4 Å². The fourth-order valence-corrected chi connectivity index (χ4v) is 2.80. The zero-order valence-electron chi connectivity index (χ0n) is 10.4. The molecule has 0 aromatic heterocycles. The Balaban J connectivity index is 1.85. The Hall–Kier alpha value is -0.160. The van der Waals surface area contributed by atoms with Crippen LogP contribution in [-0.4, -0.2) is 68.3 Å². The molecule has 4 heteroatoms. The number of morpholine rings is 1. The van der Waals surface area contributed by atoms with E-state index in [1.54, 1.807) is 0 Å². The fourth-order valence-electron chi connectivity index (χ4n) is 2.80. The first-order chi connectivity index (χ1) is 7.79. The van der Waals surface area contributed by atoms with Crippen molar-refractivity contribution in [2.75, 3.05) is 46.4 Å². The van der Waals surface area contributed by atoms with Crippen LogP contribution in [0.3, 0.4) is 0 Å². The molecule has 4 nitrogen and oxygen atoms in total. The summed E-state index contributed by atoms with van der Waals surface area (Å²) in [6, 6.07) is 0.753. The first kappa shape index (κ1) is 12.3. The molecular weight excluding hydrogens is 202 g/mol. The molecule has 0 amide bonds. The average molecular weight is 227 g/mol. The van der Waals surface area contributed by atoms with Crippen molar-refractivity contribution < 1.29 is 4.74 Å². The van der Waals surface area contributed by atoms with Gasteiger partial charge >= 0.3 is 0 Å². The number of hydrogen-bond donors (Lipinski definition) is 1. The van der Waals surface area contributed by atoms with Crippen LogP contribution in [0.2, 0.25) is 0 Å². The van der Waals surface area contributed by atoms with Gasteiger partial charge in [0.05, 0.1) is 12.7 Å². The Morgan fingerprint density at radius 1 is 1.25 bits per heavy atom. The topological polar surface area (TPSA) is 41.7 Å². The molecule has 0 aromatic carbocycles. The maximum absolute atomic E-state index is 5.69. The summed E-state index contributed by atoms with van der Waals surface area (Å²) in [4.78, 5) is 5.04. The van der Waals surface area contributed by atoms with Gasteiger partial charge in [0.1, 0.15) is 0 Å². The van der Waals surface area contributed by atoms with E-state index in [0.29, 0.717) is 6.54 Å². The van der Waals surface area contributed by atoms with Crippen LogP contribution < -0.4 is 5.73 Å². The lowest BCUT2D eigenvalue weighted by atomic mass is 10.1. The van der Waals surface area contributed by atoms with Crippen LogP contribution in [0.1, 0.15) is 19.3 Å². The Morgan fingerprint density at radius 3 is 2.94 bits per heavy atom. The van der Waals surface area contributed by atoms with Crippen molar-refractivity contribution in [2.45, 2.75) is 31.4 Å². The number of nitrogens with zero attached hydrogens (tertiary/aromatic N) is 2. The normalized spacial score (nSPS) is 34.9. The Labute approximate surface area is 98.7 Å². The van der Waals surface area contributed by atoms with Crippen LogP contribution in [0, 0.1) is 0 Å². The van der Waals surface area contributed by atoms with Crippen LogP contribution in [-0.2, 0) is 4.74 Å². The summed E-state index contributed by atoms with van der Waals surface area (Å²) in [5, 5.41) is 0. The molecule has 2 N–H and O–H groups in total. The summed E-state index contributed by atoms with van der Waals surface area (Å²) in [5.41, 5.74) is 5.69. The summed E-state index contributed by atoms with van der Waals surface area (Å²) in [6.07, 6.45) is 4.22. The molecule has 2 unspecified atom stereocenters. The zero-order valence-corrected chi connectivity index (χ0v) is 10.4. The molecule has 94 valence electrons. The second-order valence-electron chi connectivity index (χ2n) is 5.11. The number of likely N-dealkylation sites (tertiary alicyclic amines) is 1. The largest absolute Gasteiger partial charge is 0.374 e. The molecule has 0 aromatic rings. The minimum atomic E-state index is 0.259. The SMILES string of the molecule is CN1CCCC(N2CCOC(CN)C2)CC1. The van der Waals surface area contributed by atoms with E-state index in [4.69, 9.17) is 10.5 Å². The molecule has 0 spiro atoms. The van der Waals surface area contributed by atoms with E-state index in [9.17, 15) is 0 Å². The van der Waals surface area contributed by atoms with Gasteiger partial charge in [-0.15, -0.1) is 0 Å². The first-order valence-electron chi connectivity index (χ1n) is 6.54. The molecule has 2 rings (SSSR count). The number of rotatable bonds is 2. The minimum absolute atomic E-state index is 0.259. The quantitative estimate of drug-likeness (QED) is 0.728. The molecule has 2 aliphatic rings. The van der Waals surface area contributed by atoms with Crippen LogP contribution in [0.5, 0.6) is 0 Å². The Morgan fingerprint density at radius 2 is 2.12 bits per heavy atom. The van der Waals surface area contributed by atoms with Crippen molar-refractivity contribution in [2.24, 2.45) is 5.73 Å².